The van der Waals surface area contributed by atoms with E-state index in [2.05, 4.69) is 37.9 Å². The first-order chi connectivity index (χ1) is 10.0. The van der Waals surface area contributed by atoms with E-state index in [-0.39, 0.29) is 12.4 Å². The van der Waals surface area contributed by atoms with Crippen LogP contribution in [0.3, 0.4) is 0 Å². The second-order valence-electron chi connectivity index (χ2n) is 6.47. The Hall–Kier alpha value is -0.780. The molecule has 0 aromatic carbocycles. The molecule has 0 aliphatic carbocycles. The van der Waals surface area contributed by atoms with Crippen LogP contribution in [0.5, 0.6) is 5.88 Å². The number of nitrogens with zero attached hydrogens (tertiary/aromatic N) is 3. The zero-order valence-corrected chi connectivity index (χ0v) is 15.4. The smallest absolute Gasteiger partial charge is 0.216 e. The number of hydrogen-bond donors (Lipinski definition) is 1. The summed E-state index contributed by atoms with van der Waals surface area (Å²) in [4.78, 5) is 2.49. The van der Waals surface area contributed by atoms with E-state index in [0.717, 1.165) is 44.3 Å². The average Bonchev–Trinajstić information content (AvgIpc) is 2.67. The van der Waals surface area contributed by atoms with E-state index in [1.165, 1.54) is 5.56 Å². The number of aryl methyl sites for hydroxylation is 1. The molecule has 22 heavy (non-hydrogen) atoms. The molecule has 1 atom stereocenters. The average molecular weight is 331 g/mol. The van der Waals surface area contributed by atoms with E-state index < -0.39 is 0 Å². The van der Waals surface area contributed by atoms with Crippen LogP contribution in [0.25, 0.3) is 0 Å². The van der Waals surface area contributed by atoms with Gasteiger partial charge in [-0.3, -0.25) is 4.90 Å². The van der Waals surface area contributed by atoms with Crippen LogP contribution in [-0.4, -0.2) is 47.0 Å². The van der Waals surface area contributed by atoms with Crippen molar-refractivity contribution in [3.05, 3.63) is 11.3 Å². The second-order valence-corrected chi connectivity index (χ2v) is 6.47. The van der Waals surface area contributed by atoms with Gasteiger partial charge in [0.25, 0.3) is 0 Å². The number of hydrogen-bond acceptors (Lipinski definition) is 4. The molecule has 1 aromatic heterocycles. The maximum absolute atomic E-state index is 5.92. The third-order valence-corrected chi connectivity index (χ3v) is 3.85. The van der Waals surface area contributed by atoms with Crippen LogP contribution in [0.15, 0.2) is 0 Å². The Morgan fingerprint density at radius 2 is 2.14 bits per heavy atom. The zero-order chi connectivity index (χ0) is 15.4. The lowest BCUT2D eigenvalue weighted by Gasteiger charge is -2.31. The third-order valence-electron chi connectivity index (χ3n) is 3.85. The molecule has 128 valence electrons. The molecule has 0 radical (unpaired) electrons. The summed E-state index contributed by atoms with van der Waals surface area (Å²) in [6, 6.07) is 0.556. The largest absolute Gasteiger partial charge is 0.478 e. The van der Waals surface area contributed by atoms with E-state index in [1.54, 1.807) is 0 Å². The maximum Gasteiger partial charge on any atom is 0.216 e. The molecule has 0 bridgehead atoms. The minimum Gasteiger partial charge on any atom is -0.478 e. The molecule has 1 fully saturated rings. The number of nitrogens with one attached hydrogen (secondary N) is 1. The van der Waals surface area contributed by atoms with Gasteiger partial charge >= 0.3 is 0 Å². The summed E-state index contributed by atoms with van der Waals surface area (Å²) in [6.45, 7) is 16.6. The standard InChI is InChI=1S/C16H30N4O.ClH/c1-6-21-16-15(11-19-8-7-17-13(4)10-19)14(5)18-20(16)9-12(2)3;/h12-13,17H,6-11H2,1-5H3;1H/t13-;/m0./s1. The third kappa shape index (κ3) is 4.86. The first kappa shape index (κ1) is 19.3. The maximum atomic E-state index is 5.92. The fourth-order valence-electron chi connectivity index (χ4n) is 2.93. The van der Waals surface area contributed by atoms with E-state index in [4.69, 9.17) is 9.84 Å². The van der Waals surface area contributed by atoms with Gasteiger partial charge in [0.1, 0.15) is 0 Å². The van der Waals surface area contributed by atoms with Crippen molar-refractivity contribution in [3.63, 3.8) is 0 Å². The molecule has 0 unspecified atom stereocenters. The Kier molecular flexibility index (Phi) is 7.66. The zero-order valence-electron chi connectivity index (χ0n) is 14.6. The number of rotatable bonds is 6. The normalized spacial score (nSPS) is 19.3. The molecule has 2 heterocycles. The quantitative estimate of drug-likeness (QED) is 0.870. The predicted octanol–water partition coefficient (Wildman–Crippen LogP) is 2.46. The SMILES string of the molecule is CCOc1c(CN2CCN[C@@H](C)C2)c(C)nn1CC(C)C.Cl. The molecule has 1 aromatic rings. The fourth-order valence-corrected chi connectivity index (χ4v) is 2.93. The predicted molar refractivity (Wildman–Crippen MR) is 93.0 cm³/mol. The van der Waals surface area contributed by atoms with Gasteiger partial charge in [0.15, 0.2) is 0 Å². The van der Waals surface area contributed by atoms with Gasteiger partial charge in [-0.2, -0.15) is 5.10 Å². The summed E-state index contributed by atoms with van der Waals surface area (Å²) in [5.74, 6) is 1.53. The van der Waals surface area contributed by atoms with E-state index in [1.807, 2.05) is 11.6 Å². The summed E-state index contributed by atoms with van der Waals surface area (Å²) in [5.41, 5.74) is 2.36. The first-order valence-electron chi connectivity index (χ1n) is 8.16. The van der Waals surface area contributed by atoms with Crippen molar-refractivity contribution in [3.8, 4) is 5.88 Å². The Balaban J connectivity index is 0.00000242. The van der Waals surface area contributed by atoms with E-state index in [9.17, 15) is 0 Å². The van der Waals surface area contributed by atoms with Crippen LogP contribution in [0.1, 0.15) is 39.0 Å². The molecule has 2 rings (SSSR count). The van der Waals surface area contributed by atoms with Crippen molar-refractivity contribution in [1.82, 2.24) is 20.0 Å². The van der Waals surface area contributed by atoms with Crippen molar-refractivity contribution >= 4 is 12.4 Å². The highest BCUT2D eigenvalue weighted by molar-refractivity contribution is 5.85. The summed E-state index contributed by atoms with van der Waals surface area (Å²) in [5, 5.41) is 8.19. The van der Waals surface area contributed by atoms with Gasteiger partial charge in [0.2, 0.25) is 5.88 Å². The lowest BCUT2D eigenvalue weighted by Crippen LogP contribution is -2.48. The highest BCUT2D eigenvalue weighted by atomic mass is 35.5. The molecule has 0 spiro atoms. The van der Waals surface area contributed by atoms with Gasteiger partial charge in [0, 0.05) is 38.8 Å². The number of ether oxygens (including phenoxy) is 1. The Morgan fingerprint density at radius 1 is 1.41 bits per heavy atom. The number of aromatic nitrogens is 2. The van der Waals surface area contributed by atoms with Crippen LogP contribution in [0.2, 0.25) is 0 Å². The van der Waals surface area contributed by atoms with Gasteiger partial charge in [-0.1, -0.05) is 13.8 Å². The lowest BCUT2D eigenvalue weighted by molar-refractivity contribution is 0.195. The van der Waals surface area contributed by atoms with E-state index in [0.29, 0.717) is 18.6 Å². The van der Waals surface area contributed by atoms with Gasteiger partial charge in [-0.05, 0) is 26.7 Å². The Bertz CT molecular complexity index is 461. The molecule has 1 aliphatic heterocycles. The first-order valence-corrected chi connectivity index (χ1v) is 8.16. The second kappa shape index (κ2) is 8.75. The summed E-state index contributed by atoms with van der Waals surface area (Å²) in [7, 11) is 0. The van der Waals surface area contributed by atoms with Crippen LogP contribution in [0, 0.1) is 12.8 Å². The molecule has 1 aliphatic rings. The van der Waals surface area contributed by atoms with Gasteiger partial charge in [0.05, 0.1) is 17.9 Å². The molecule has 1 saturated heterocycles. The highest BCUT2D eigenvalue weighted by Gasteiger charge is 2.22. The molecule has 0 amide bonds. The Morgan fingerprint density at radius 3 is 2.73 bits per heavy atom. The number of halogens is 1. The van der Waals surface area contributed by atoms with Crippen LogP contribution in [-0.2, 0) is 13.1 Å². The van der Waals surface area contributed by atoms with Gasteiger partial charge < -0.3 is 10.1 Å². The minimum absolute atomic E-state index is 0. The van der Waals surface area contributed by atoms with Gasteiger partial charge in [-0.15, -0.1) is 12.4 Å². The molecular formula is C16H31ClN4O. The van der Waals surface area contributed by atoms with E-state index >= 15 is 0 Å². The van der Waals surface area contributed by atoms with Crippen LogP contribution < -0.4 is 10.1 Å². The number of piperazine rings is 1. The molecule has 0 saturated carbocycles. The van der Waals surface area contributed by atoms with Crippen LogP contribution in [0.4, 0.5) is 0 Å². The van der Waals surface area contributed by atoms with Crippen molar-refractivity contribution in [1.29, 1.82) is 0 Å². The minimum atomic E-state index is 0. The molecule has 5 nitrogen and oxygen atoms in total. The van der Waals surface area contributed by atoms with Crippen molar-refractivity contribution < 1.29 is 4.74 Å². The summed E-state index contributed by atoms with van der Waals surface area (Å²) < 4.78 is 7.96. The van der Waals surface area contributed by atoms with Gasteiger partial charge in [-0.25, -0.2) is 4.68 Å². The summed E-state index contributed by atoms with van der Waals surface area (Å²) in [6.07, 6.45) is 0. The topological polar surface area (TPSA) is 42.3 Å². The fraction of sp³-hybridized carbons (Fsp3) is 0.812. The monoisotopic (exact) mass is 330 g/mol. The van der Waals surface area contributed by atoms with Crippen molar-refractivity contribution in [2.75, 3.05) is 26.2 Å². The lowest BCUT2D eigenvalue weighted by atomic mass is 10.2. The van der Waals surface area contributed by atoms with Crippen LogP contribution >= 0.6 is 12.4 Å². The van der Waals surface area contributed by atoms with Crippen molar-refractivity contribution in [2.45, 2.75) is 53.8 Å². The molecule has 1 N–H and O–H groups in total. The highest BCUT2D eigenvalue weighted by Crippen LogP contribution is 2.25. The Labute approximate surface area is 140 Å². The summed E-state index contributed by atoms with van der Waals surface area (Å²) >= 11 is 0. The molecule has 6 heteroatoms. The molecular weight excluding hydrogens is 300 g/mol. The van der Waals surface area contributed by atoms with Crippen molar-refractivity contribution in [2.24, 2.45) is 5.92 Å².